The number of halogens is 3. The highest BCUT2D eigenvalue weighted by molar-refractivity contribution is 7.91. The third-order valence-corrected chi connectivity index (χ3v) is 14.2. The second-order valence-electron chi connectivity index (χ2n) is 17.6. The lowest BCUT2D eigenvalue weighted by Crippen LogP contribution is -2.60. The first kappa shape index (κ1) is 45.3. The Morgan fingerprint density at radius 2 is 1.77 bits per heavy atom. The van der Waals surface area contributed by atoms with Gasteiger partial charge in [-0.2, -0.15) is 13.2 Å². The highest BCUT2D eigenvalue weighted by Gasteiger charge is 2.62. The van der Waals surface area contributed by atoms with Crippen molar-refractivity contribution in [3.63, 3.8) is 0 Å². The lowest BCUT2D eigenvalue weighted by molar-refractivity contribution is -0.310. The van der Waals surface area contributed by atoms with Gasteiger partial charge in [0.15, 0.2) is 5.60 Å². The first-order valence-electron chi connectivity index (χ1n) is 21.0. The zero-order chi connectivity index (χ0) is 44.8. The number of sulfonamides is 1. The fourth-order valence-corrected chi connectivity index (χ4v) is 9.76. The van der Waals surface area contributed by atoms with E-state index in [1.807, 2.05) is 55.5 Å². The third kappa shape index (κ3) is 9.72. The van der Waals surface area contributed by atoms with Gasteiger partial charge in [0.1, 0.15) is 23.4 Å². The van der Waals surface area contributed by atoms with Crippen LogP contribution in [0.1, 0.15) is 72.6 Å². The summed E-state index contributed by atoms with van der Waals surface area (Å²) in [6.07, 6.45) is -1.89. The number of aliphatic hydroxyl groups excluding tert-OH is 1. The number of allylic oxidation sites excluding steroid dienone is 1. The molecule has 3 fully saturated rings. The number of methoxy groups -OCH3 is 1. The second-order valence-corrected chi connectivity index (χ2v) is 19.6. The van der Waals surface area contributed by atoms with Crippen LogP contribution in [0.2, 0.25) is 0 Å². The van der Waals surface area contributed by atoms with Crippen molar-refractivity contribution in [3.05, 3.63) is 66.7 Å². The molecule has 4 N–H and O–H groups in total. The Morgan fingerprint density at radius 3 is 2.45 bits per heavy atom. The smallest absolute Gasteiger partial charge is 0.417 e. The molecule has 2 aliphatic heterocycles. The number of pyridine rings is 1. The van der Waals surface area contributed by atoms with Gasteiger partial charge in [0.2, 0.25) is 34.1 Å². The van der Waals surface area contributed by atoms with Gasteiger partial charge >= 0.3 is 6.18 Å². The van der Waals surface area contributed by atoms with Gasteiger partial charge in [0.25, 0.3) is 5.91 Å². The number of amides is 3. The van der Waals surface area contributed by atoms with Crippen LogP contribution in [-0.4, -0.2) is 102 Å². The summed E-state index contributed by atoms with van der Waals surface area (Å²) < 4.78 is 86.8. The van der Waals surface area contributed by atoms with E-state index in [0.29, 0.717) is 48.9 Å². The SMILES string of the molecule is COc1ccc2c(O[C@@H]3C[C@H]4C(=O)N[C@]5(C(=O)NS(=O)(=O)C6CC6)C[C@H]5/C=C\CC[C@@H](C)C[C@@H](C)[C@H](NC(O)OC(C)(C)C(F)(F)F)C(=O)N4C3)nc(-c3ccccc3)cc2c1. The summed E-state index contributed by atoms with van der Waals surface area (Å²) in [6.45, 7) is 5.01. The predicted octanol–water partition coefficient (Wildman–Crippen LogP) is 5.35. The molecule has 14 nitrogen and oxygen atoms in total. The average Bonchev–Trinajstić information content (AvgIpc) is 4.14. The van der Waals surface area contributed by atoms with E-state index >= 15 is 0 Å². The molecule has 0 bridgehead atoms. The summed E-state index contributed by atoms with van der Waals surface area (Å²) in [5, 5.41) is 17.0. The van der Waals surface area contributed by atoms with Crippen molar-refractivity contribution in [2.75, 3.05) is 13.7 Å². The maximum Gasteiger partial charge on any atom is 0.417 e. The van der Waals surface area contributed by atoms with Crippen LogP contribution in [-0.2, 0) is 29.1 Å². The van der Waals surface area contributed by atoms with Crippen molar-refractivity contribution in [1.82, 2.24) is 25.2 Å². The van der Waals surface area contributed by atoms with Crippen LogP contribution in [0.4, 0.5) is 13.2 Å². The molecule has 1 saturated heterocycles. The molecule has 336 valence electrons. The minimum absolute atomic E-state index is 0.0161. The van der Waals surface area contributed by atoms with Crippen LogP contribution in [0, 0.1) is 17.8 Å². The fraction of sp³-hybridized carbons (Fsp3) is 0.545. The van der Waals surface area contributed by atoms with Crippen LogP contribution >= 0.6 is 0 Å². The largest absolute Gasteiger partial charge is 0.497 e. The summed E-state index contributed by atoms with van der Waals surface area (Å²) in [4.78, 5) is 49.6. The van der Waals surface area contributed by atoms with Crippen LogP contribution in [0.15, 0.2) is 66.7 Å². The first-order chi connectivity index (χ1) is 29.2. The van der Waals surface area contributed by atoms with Crippen molar-refractivity contribution in [3.8, 4) is 22.9 Å². The molecule has 8 atom stereocenters. The van der Waals surface area contributed by atoms with Gasteiger partial charge in [-0.1, -0.05) is 56.3 Å². The number of carbonyl (C=O) groups excluding carboxylic acids is 3. The summed E-state index contributed by atoms with van der Waals surface area (Å²) in [7, 11) is -2.44. The first-order valence-corrected chi connectivity index (χ1v) is 22.5. The van der Waals surface area contributed by atoms with Crippen molar-refractivity contribution in [2.24, 2.45) is 17.8 Å². The van der Waals surface area contributed by atoms with Crippen LogP contribution in [0.25, 0.3) is 22.0 Å². The van der Waals surface area contributed by atoms with E-state index in [1.165, 1.54) is 4.90 Å². The number of hydrogen-bond acceptors (Lipinski definition) is 11. The number of nitrogens with zero attached hydrogens (tertiary/aromatic N) is 2. The molecule has 2 saturated carbocycles. The topological polar surface area (TPSA) is 185 Å². The number of ether oxygens (including phenoxy) is 3. The van der Waals surface area contributed by atoms with E-state index in [4.69, 9.17) is 19.2 Å². The lowest BCUT2D eigenvalue weighted by Gasteiger charge is -2.36. The van der Waals surface area contributed by atoms with Crippen molar-refractivity contribution in [1.29, 1.82) is 0 Å². The molecule has 1 aromatic heterocycles. The van der Waals surface area contributed by atoms with Crippen LogP contribution in [0.5, 0.6) is 11.6 Å². The Kier molecular flexibility index (Phi) is 12.7. The van der Waals surface area contributed by atoms with Crippen LogP contribution in [0.3, 0.4) is 0 Å². The zero-order valence-electron chi connectivity index (χ0n) is 35.3. The Labute approximate surface area is 359 Å². The highest BCUT2D eigenvalue weighted by atomic mass is 32.2. The molecule has 18 heteroatoms. The maximum atomic E-state index is 15.0. The molecule has 3 heterocycles. The quantitative estimate of drug-likeness (QED) is 0.144. The summed E-state index contributed by atoms with van der Waals surface area (Å²) in [5.74, 6) is -2.72. The Hall–Kier alpha value is -4.78. The summed E-state index contributed by atoms with van der Waals surface area (Å²) >= 11 is 0. The molecule has 4 aliphatic rings. The van der Waals surface area contributed by atoms with Crippen molar-refractivity contribution < 1.29 is 55.3 Å². The molecule has 3 aromatic rings. The number of benzene rings is 2. The number of nitrogens with one attached hydrogen (secondary N) is 3. The molecule has 1 unspecified atom stereocenters. The van der Waals surface area contributed by atoms with E-state index in [1.54, 1.807) is 32.2 Å². The van der Waals surface area contributed by atoms with Crippen molar-refractivity contribution in [2.45, 2.75) is 120 Å². The van der Waals surface area contributed by atoms with Crippen LogP contribution < -0.4 is 24.8 Å². The monoisotopic (exact) mass is 885 g/mol. The molecule has 7 rings (SSSR count). The van der Waals surface area contributed by atoms with Gasteiger partial charge in [-0.25, -0.2) is 13.4 Å². The standard InChI is InChI=1S/C44H54F3N5O9S/c1-25-11-9-10-14-29-23-43(29,40(55)51-62(57,58)32-16-17-32)50-37(53)35-22-31(24-52(35)39(54)36(26(2)19-25)49-41(56)61-42(3,4)44(45,46)47)60-38-33-18-15-30(59-5)20-28(33)21-34(48-38)27-12-7-6-8-13-27/h6-8,10,12-15,18,20-21,25-26,29,31-32,35-36,41,49,56H,9,11,16-17,19,22-24H2,1-5H3,(H,50,53)(H,51,55)/b14-10-/t25-,26-,29-,31-,35+,36+,41?,43-/m1/s1. The number of fused-ring (bicyclic) bond motifs is 3. The molecule has 2 aromatic carbocycles. The van der Waals surface area contributed by atoms with E-state index < -0.39 is 86.7 Å². The maximum absolute atomic E-state index is 15.0. The van der Waals surface area contributed by atoms with E-state index in [-0.39, 0.29) is 31.2 Å². The minimum Gasteiger partial charge on any atom is -0.497 e. The Balaban J connectivity index is 1.26. The molecular formula is C44H54F3N5O9S. The molecule has 0 radical (unpaired) electrons. The van der Waals surface area contributed by atoms with E-state index in [9.17, 15) is 41.1 Å². The number of aliphatic hydroxyl groups is 1. The number of alkyl halides is 3. The van der Waals surface area contributed by atoms with Gasteiger partial charge in [0, 0.05) is 23.3 Å². The fourth-order valence-electron chi connectivity index (χ4n) is 8.40. The Morgan fingerprint density at radius 1 is 1.05 bits per heavy atom. The number of aromatic nitrogens is 1. The van der Waals surface area contributed by atoms with E-state index in [2.05, 4.69) is 15.4 Å². The lowest BCUT2D eigenvalue weighted by atomic mass is 9.88. The molecular weight excluding hydrogens is 832 g/mol. The molecule has 62 heavy (non-hydrogen) atoms. The number of hydrogen-bond donors (Lipinski definition) is 4. The normalized spacial score (nSPS) is 28.4. The minimum atomic E-state index is -4.86. The highest BCUT2D eigenvalue weighted by Crippen LogP contribution is 2.46. The summed E-state index contributed by atoms with van der Waals surface area (Å²) in [6, 6.07) is 14.0. The second kappa shape index (κ2) is 17.4. The molecule has 2 aliphatic carbocycles. The predicted molar refractivity (Wildman–Crippen MR) is 223 cm³/mol. The average molecular weight is 886 g/mol. The third-order valence-electron chi connectivity index (χ3n) is 12.4. The molecule has 0 spiro atoms. The van der Waals surface area contributed by atoms with Gasteiger partial charge in [-0.15, -0.1) is 0 Å². The number of carbonyl (C=O) groups is 3. The molecule has 3 amide bonds. The van der Waals surface area contributed by atoms with Gasteiger partial charge in [-0.3, -0.25) is 24.4 Å². The summed E-state index contributed by atoms with van der Waals surface area (Å²) in [5.41, 5.74) is -3.05. The van der Waals surface area contributed by atoms with Gasteiger partial charge in [-0.05, 0) is 93.9 Å². The van der Waals surface area contributed by atoms with Gasteiger partial charge < -0.3 is 29.5 Å². The van der Waals surface area contributed by atoms with Crippen molar-refractivity contribution >= 4 is 38.5 Å². The Bertz CT molecular complexity index is 2310. The zero-order valence-corrected chi connectivity index (χ0v) is 36.1. The van der Waals surface area contributed by atoms with E-state index in [0.717, 1.165) is 24.8 Å². The number of rotatable bonds is 11. The van der Waals surface area contributed by atoms with Gasteiger partial charge in [0.05, 0.1) is 30.6 Å².